The third-order valence-corrected chi connectivity index (χ3v) is 4.19. The molecule has 2 saturated heterocycles. The Labute approximate surface area is 121 Å². The minimum atomic E-state index is -0.321. The van der Waals surface area contributed by atoms with Crippen LogP contribution in [0.2, 0.25) is 0 Å². The highest BCUT2D eigenvalue weighted by Gasteiger charge is 2.39. The van der Waals surface area contributed by atoms with Gasteiger partial charge in [0, 0.05) is 32.4 Å². The molecular formula is C14H17N3O4. The summed E-state index contributed by atoms with van der Waals surface area (Å²) in [6, 6.07) is 3.22. The summed E-state index contributed by atoms with van der Waals surface area (Å²) in [4.78, 5) is 39.4. The van der Waals surface area contributed by atoms with Crippen LogP contribution in [0, 0.1) is 6.92 Å². The second-order valence-electron chi connectivity index (χ2n) is 5.43. The standard InChI is InChI=1S/C14H17N3O4/c1-9-3-4-11(12(18)15(9)2)13(19)16-5-6-17-10(7-16)8-21-14(17)20/h3-4,10H,5-8H2,1-2H3. The van der Waals surface area contributed by atoms with Crippen LogP contribution in [0.15, 0.2) is 16.9 Å². The maximum absolute atomic E-state index is 12.5. The van der Waals surface area contributed by atoms with Gasteiger partial charge in [0.2, 0.25) is 0 Å². The van der Waals surface area contributed by atoms with E-state index < -0.39 is 0 Å². The smallest absolute Gasteiger partial charge is 0.410 e. The predicted molar refractivity (Wildman–Crippen MR) is 74.2 cm³/mol. The van der Waals surface area contributed by atoms with Crippen molar-refractivity contribution in [1.82, 2.24) is 14.4 Å². The van der Waals surface area contributed by atoms with Crippen molar-refractivity contribution < 1.29 is 14.3 Å². The van der Waals surface area contributed by atoms with E-state index in [9.17, 15) is 14.4 Å². The van der Waals surface area contributed by atoms with E-state index in [1.165, 1.54) is 4.57 Å². The van der Waals surface area contributed by atoms with Crippen LogP contribution in [0.5, 0.6) is 0 Å². The lowest BCUT2D eigenvalue weighted by Gasteiger charge is -2.35. The van der Waals surface area contributed by atoms with Gasteiger partial charge in [0.15, 0.2) is 0 Å². The van der Waals surface area contributed by atoms with E-state index in [0.717, 1.165) is 5.69 Å². The molecule has 0 radical (unpaired) electrons. The Hall–Kier alpha value is -2.31. The van der Waals surface area contributed by atoms with E-state index in [1.807, 2.05) is 6.92 Å². The Morgan fingerprint density at radius 3 is 2.81 bits per heavy atom. The molecule has 2 aliphatic heterocycles. The molecule has 0 saturated carbocycles. The van der Waals surface area contributed by atoms with Gasteiger partial charge in [-0.1, -0.05) is 0 Å². The largest absolute Gasteiger partial charge is 0.447 e. The minimum absolute atomic E-state index is 0.107. The maximum atomic E-state index is 12.5. The number of hydrogen-bond donors (Lipinski definition) is 0. The summed E-state index contributed by atoms with van der Waals surface area (Å²) in [7, 11) is 1.65. The molecule has 21 heavy (non-hydrogen) atoms. The first-order valence-corrected chi connectivity index (χ1v) is 6.88. The second kappa shape index (κ2) is 4.91. The van der Waals surface area contributed by atoms with Crippen LogP contribution in [0.25, 0.3) is 0 Å². The second-order valence-corrected chi connectivity index (χ2v) is 5.43. The lowest BCUT2D eigenvalue weighted by Crippen LogP contribution is -2.54. The van der Waals surface area contributed by atoms with Crippen LogP contribution >= 0.6 is 0 Å². The highest BCUT2D eigenvalue weighted by atomic mass is 16.6. The van der Waals surface area contributed by atoms with Gasteiger partial charge in [0.05, 0.1) is 6.04 Å². The van der Waals surface area contributed by atoms with Crippen LogP contribution in [0.3, 0.4) is 0 Å². The molecule has 0 N–H and O–H groups in total. The summed E-state index contributed by atoms with van der Waals surface area (Å²) in [6.45, 7) is 3.38. The lowest BCUT2D eigenvalue weighted by molar-refractivity contribution is 0.0614. The number of carbonyl (C=O) groups excluding carboxylic acids is 2. The molecule has 0 aromatic carbocycles. The van der Waals surface area contributed by atoms with Crippen LogP contribution in [0.4, 0.5) is 4.79 Å². The summed E-state index contributed by atoms with van der Waals surface area (Å²) in [6.07, 6.45) is -0.321. The van der Waals surface area contributed by atoms with E-state index in [-0.39, 0.29) is 29.2 Å². The van der Waals surface area contributed by atoms with Gasteiger partial charge in [-0.3, -0.25) is 14.5 Å². The van der Waals surface area contributed by atoms with E-state index in [4.69, 9.17) is 4.74 Å². The number of ether oxygens (including phenoxy) is 1. The molecule has 2 amide bonds. The Morgan fingerprint density at radius 1 is 1.29 bits per heavy atom. The molecular weight excluding hydrogens is 274 g/mol. The Balaban J connectivity index is 1.82. The number of fused-ring (bicyclic) bond motifs is 1. The van der Waals surface area contributed by atoms with Gasteiger partial charge in [-0.2, -0.15) is 0 Å². The number of nitrogens with zero attached hydrogens (tertiary/aromatic N) is 3. The summed E-state index contributed by atoms with van der Waals surface area (Å²) in [5, 5.41) is 0. The first-order chi connectivity index (χ1) is 9.99. The molecule has 3 rings (SSSR count). The molecule has 2 fully saturated rings. The number of cyclic esters (lactones) is 1. The van der Waals surface area contributed by atoms with Gasteiger partial charge in [-0.15, -0.1) is 0 Å². The van der Waals surface area contributed by atoms with Crippen molar-refractivity contribution in [2.45, 2.75) is 13.0 Å². The molecule has 0 spiro atoms. The summed E-state index contributed by atoms with van der Waals surface area (Å²) in [5.41, 5.74) is 0.680. The van der Waals surface area contributed by atoms with E-state index in [0.29, 0.717) is 26.2 Å². The predicted octanol–water partition coefficient (Wildman–Crippen LogP) is -0.0297. The van der Waals surface area contributed by atoms with Gasteiger partial charge >= 0.3 is 6.09 Å². The number of rotatable bonds is 1. The average Bonchev–Trinajstić information content (AvgIpc) is 2.85. The van der Waals surface area contributed by atoms with Gasteiger partial charge in [-0.05, 0) is 19.1 Å². The third kappa shape index (κ3) is 2.18. The Morgan fingerprint density at radius 2 is 2.05 bits per heavy atom. The van der Waals surface area contributed by atoms with E-state index in [1.54, 1.807) is 29.0 Å². The van der Waals surface area contributed by atoms with Crippen molar-refractivity contribution in [3.05, 3.63) is 33.7 Å². The zero-order valence-corrected chi connectivity index (χ0v) is 12.0. The normalized spacial score (nSPS) is 21.2. The number of aryl methyl sites for hydroxylation is 1. The fourth-order valence-electron chi connectivity index (χ4n) is 2.73. The number of amides is 2. The first-order valence-electron chi connectivity index (χ1n) is 6.88. The van der Waals surface area contributed by atoms with Crippen molar-refractivity contribution in [3.8, 4) is 0 Å². The van der Waals surface area contributed by atoms with Crippen LogP contribution in [-0.2, 0) is 11.8 Å². The zero-order chi connectivity index (χ0) is 15.1. The number of hydrogen-bond acceptors (Lipinski definition) is 4. The monoisotopic (exact) mass is 291 g/mol. The summed E-state index contributed by atoms with van der Waals surface area (Å²) >= 11 is 0. The SMILES string of the molecule is Cc1ccc(C(=O)N2CCN3C(=O)OCC3C2)c(=O)n1C. The third-order valence-electron chi connectivity index (χ3n) is 4.19. The lowest BCUT2D eigenvalue weighted by atomic mass is 10.1. The zero-order valence-electron chi connectivity index (χ0n) is 12.0. The van der Waals surface area contributed by atoms with E-state index >= 15 is 0 Å². The molecule has 0 aliphatic carbocycles. The van der Waals surface area contributed by atoms with Crippen molar-refractivity contribution >= 4 is 12.0 Å². The van der Waals surface area contributed by atoms with Crippen molar-refractivity contribution in [1.29, 1.82) is 0 Å². The van der Waals surface area contributed by atoms with Crippen LogP contribution in [0.1, 0.15) is 16.1 Å². The molecule has 3 heterocycles. The fourth-order valence-corrected chi connectivity index (χ4v) is 2.73. The molecule has 1 aromatic heterocycles. The van der Waals surface area contributed by atoms with Gasteiger partial charge in [0.1, 0.15) is 12.2 Å². The highest BCUT2D eigenvalue weighted by molar-refractivity contribution is 5.94. The molecule has 1 unspecified atom stereocenters. The Kier molecular flexibility index (Phi) is 3.19. The molecule has 0 bridgehead atoms. The first kappa shape index (κ1) is 13.7. The van der Waals surface area contributed by atoms with Crippen LogP contribution in [-0.4, -0.2) is 58.7 Å². The molecule has 1 aromatic rings. The van der Waals surface area contributed by atoms with E-state index in [2.05, 4.69) is 0 Å². The minimum Gasteiger partial charge on any atom is -0.447 e. The van der Waals surface area contributed by atoms with Gasteiger partial charge in [0.25, 0.3) is 11.5 Å². The fraction of sp³-hybridized carbons (Fsp3) is 0.500. The number of carbonyl (C=O) groups is 2. The average molecular weight is 291 g/mol. The van der Waals surface area contributed by atoms with Gasteiger partial charge in [-0.25, -0.2) is 4.79 Å². The molecule has 1 atom stereocenters. The summed E-state index contributed by atoms with van der Waals surface area (Å²) in [5.74, 6) is -0.283. The van der Waals surface area contributed by atoms with Crippen molar-refractivity contribution in [3.63, 3.8) is 0 Å². The Bertz CT molecular complexity index is 667. The van der Waals surface area contributed by atoms with Gasteiger partial charge < -0.3 is 14.2 Å². The number of pyridine rings is 1. The van der Waals surface area contributed by atoms with Crippen molar-refractivity contribution in [2.24, 2.45) is 7.05 Å². The number of aromatic nitrogens is 1. The van der Waals surface area contributed by atoms with Crippen molar-refractivity contribution in [2.75, 3.05) is 26.2 Å². The molecule has 7 heteroatoms. The number of piperazine rings is 1. The quantitative estimate of drug-likeness (QED) is 0.728. The van der Waals surface area contributed by atoms with Crippen LogP contribution < -0.4 is 5.56 Å². The molecule has 112 valence electrons. The summed E-state index contributed by atoms with van der Waals surface area (Å²) < 4.78 is 6.44. The maximum Gasteiger partial charge on any atom is 0.410 e. The highest BCUT2D eigenvalue weighted by Crippen LogP contribution is 2.18. The topological polar surface area (TPSA) is 71.9 Å². The molecule has 2 aliphatic rings. The molecule has 7 nitrogen and oxygen atoms in total.